The van der Waals surface area contributed by atoms with Crippen molar-refractivity contribution in [1.29, 1.82) is 0 Å². The molecule has 0 fully saturated rings. The molecule has 0 unspecified atom stereocenters. The Bertz CT molecular complexity index is 408. The number of rotatable bonds is 1. The van der Waals surface area contributed by atoms with Gasteiger partial charge in [0.15, 0.2) is 0 Å². The van der Waals surface area contributed by atoms with Gasteiger partial charge in [-0.1, -0.05) is 51.4 Å². The molecule has 1 aromatic carbocycles. The van der Waals surface area contributed by atoms with Crippen LogP contribution in [0.25, 0.3) is 4.85 Å². The summed E-state index contributed by atoms with van der Waals surface area (Å²) >= 11 is 6.21. The average Bonchev–Trinajstić information content (AvgIpc) is 2.15. The quantitative estimate of drug-likeness (QED) is 0.603. The molecule has 0 amide bonds. The highest BCUT2D eigenvalue weighted by Crippen LogP contribution is 2.36. The van der Waals surface area contributed by atoms with Gasteiger partial charge in [-0.15, -0.1) is 0 Å². The van der Waals surface area contributed by atoms with Crippen molar-refractivity contribution in [3.05, 3.63) is 39.7 Å². The predicted octanol–water partition coefficient (Wildman–Crippen LogP) is 4.75. The van der Waals surface area contributed by atoms with Gasteiger partial charge in [-0.2, -0.15) is 0 Å². The van der Waals surface area contributed by atoms with Crippen LogP contribution < -0.4 is 0 Å². The lowest BCUT2D eigenvalue weighted by molar-refractivity contribution is 0.583. The van der Waals surface area contributed by atoms with Gasteiger partial charge in [0.25, 0.3) is 0 Å². The molecular formula is C13H16ClN. The fraction of sp³-hybridized carbons (Fsp3) is 0.462. The van der Waals surface area contributed by atoms with Gasteiger partial charge in [-0.3, -0.25) is 0 Å². The first-order valence-corrected chi connectivity index (χ1v) is 5.49. The lowest BCUT2D eigenvalue weighted by Gasteiger charge is -2.23. The molecule has 80 valence electrons. The highest BCUT2D eigenvalue weighted by Gasteiger charge is 2.20. The van der Waals surface area contributed by atoms with Crippen LogP contribution in [0.3, 0.4) is 0 Å². The van der Waals surface area contributed by atoms with Crippen LogP contribution in [-0.4, -0.2) is 0 Å². The topological polar surface area (TPSA) is 4.36 Å². The van der Waals surface area contributed by atoms with Gasteiger partial charge in [0.1, 0.15) is 0 Å². The standard InChI is InChI=1S/C13H16ClN/c1-6-9-10(13(2,3)4)7-8-11(15-5)12(9)14/h7-8H,6H2,1-4H3. The van der Waals surface area contributed by atoms with E-state index < -0.39 is 0 Å². The van der Waals surface area contributed by atoms with Gasteiger partial charge in [-0.25, -0.2) is 4.85 Å². The second kappa shape index (κ2) is 4.24. The molecule has 0 heterocycles. The number of benzene rings is 1. The van der Waals surface area contributed by atoms with E-state index in [0.717, 1.165) is 12.0 Å². The van der Waals surface area contributed by atoms with Crippen LogP contribution in [0.4, 0.5) is 5.69 Å². The van der Waals surface area contributed by atoms with Crippen molar-refractivity contribution in [2.24, 2.45) is 0 Å². The maximum absolute atomic E-state index is 7.02. The molecule has 0 bridgehead atoms. The van der Waals surface area contributed by atoms with E-state index in [-0.39, 0.29) is 5.41 Å². The maximum atomic E-state index is 7.02. The number of halogens is 1. The van der Waals surface area contributed by atoms with Crippen molar-refractivity contribution in [1.82, 2.24) is 0 Å². The van der Waals surface area contributed by atoms with E-state index in [1.165, 1.54) is 5.56 Å². The molecule has 0 spiro atoms. The van der Waals surface area contributed by atoms with Crippen LogP contribution in [0.15, 0.2) is 12.1 Å². The molecule has 15 heavy (non-hydrogen) atoms. The summed E-state index contributed by atoms with van der Waals surface area (Å²) in [5.74, 6) is 0. The van der Waals surface area contributed by atoms with E-state index >= 15 is 0 Å². The van der Waals surface area contributed by atoms with Gasteiger partial charge in [0, 0.05) is 0 Å². The normalized spacial score (nSPS) is 11.2. The third-order valence-electron chi connectivity index (χ3n) is 2.50. The first-order valence-electron chi connectivity index (χ1n) is 5.11. The van der Waals surface area contributed by atoms with Crippen LogP contribution in [0.2, 0.25) is 5.02 Å². The van der Waals surface area contributed by atoms with Gasteiger partial charge < -0.3 is 0 Å². The van der Waals surface area contributed by atoms with Crippen LogP contribution in [0, 0.1) is 6.57 Å². The third kappa shape index (κ3) is 2.33. The van der Waals surface area contributed by atoms with Crippen molar-refractivity contribution in [3.8, 4) is 0 Å². The fourth-order valence-electron chi connectivity index (χ4n) is 1.74. The van der Waals surface area contributed by atoms with Gasteiger partial charge in [-0.05, 0) is 23.0 Å². The molecule has 2 heteroatoms. The molecule has 1 nitrogen and oxygen atoms in total. The fourth-order valence-corrected chi connectivity index (χ4v) is 2.08. The van der Waals surface area contributed by atoms with Gasteiger partial charge in [0.05, 0.1) is 11.6 Å². The minimum absolute atomic E-state index is 0.0789. The molecular weight excluding hydrogens is 206 g/mol. The molecule has 0 aliphatic heterocycles. The zero-order valence-corrected chi connectivity index (χ0v) is 10.4. The Morgan fingerprint density at radius 3 is 2.33 bits per heavy atom. The highest BCUT2D eigenvalue weighted by atomic mass is 35.5. The summed E-state index contributed by atoms with van der Waals surface area (Å²) in [6.45, 7) is 15.6. The van der Waals surface area contributed by atoms with Gasteiger partial charge in [0.2, 0.25) is 5.69 Å². The molecule has 0 aromatic heterocycles. The molecule has 0 saturated carbocycles. The summed E-state index contributed by atoms with van der Waals surface area (Å²) in [7, 11) is 0. The SMILES string of the molecule is [C-]#[N+]c1ccc(C(C)(C)C)c(CC)c1Cl. The van der Waals surface area contributed by atoms with E-state index in [1.807, 2.05) is 12.1 Å². The summed E-state index contributed by atoms with van der Waals surface area (Å²) < 4.78 is 0. The minimum atomic E-state index is 0.0789. The Labute approximate surface area is 96.9 Å². The Morgan fingerprint density at radius 1 is 1.33 bits per heavy atom. The Kier molecular flexibility index (Phi) is 3.42. The second-order valence-electron chi connectivity index (χ2n) is 4.64. The van der Waals surface area contributed by atoms with E-state index in [9.17, 15) is 0 Å². The average molecular weight is 222 g/mol. The molecule has 0 saturated heterocycles. The Morgan fingerprint density at radius 2 is 1.93 bits per heavy atom. The highest BCUT2D eigenvalue weighted by molar-refractivity contribution is 6.34. The van der Waals surface area contributed by atoms with E-state index in [0.29, 0.717) is 10.7 Å². The molecule has 0 atom stereocenters. The maximum Gasteiger partial charge on any atom is 0.205 e. The Hall–Kier alpha value is -1.00. The summed E-state index contributed by atoms with van der Waals surface area (Å²) in [6, 6.07) is 3.84. The largest absolute Gasteiger partial charge is 0.237 e. The molecule has 0 radical (unpaired) electrons. The second-order valence-corrected chi connectivity index (χ2v) is 5.02. The van der Waals surface area contributed by atoms with Crippen molar-refractivity contribution in [2.75, 3.05) is 0 Å². The van der Waals surface area contributed by atoms with Crippen LogP contribution in [0.5, 0.6) is 0 Å². The van der Waals surface area contributed by atoms with E-state index in [4.69, 9.17) is 18.2 Å². The Balaban J connectivity index is 3.46. The van der Waals surface area contributed by atoms with Crippen molar-refractivity contribution >= 4 is 17.3 Å². The number of hydrogen-bond donors (Lipinski definition) is 0. The summed E-state index contributed by atoms with van der Waals surface area (Å²) in [6.07, 6.45) is 0.870. The summed E-state index contributed by atoms with van der Waals surface area (Å²) in [4.78, 5) is 3.42. The van der Waals surface area contributed by atoms with Crippen LogP contribution in [0.1, 0.15) is 38.8 Å². The van der Waals surface area contributed by atoms with E-state index in [2.05, 4.69) is 32.5 Å². The summed E-state index contributed by atoms with van der Waals surface area (Å²) in [5.41, 5.74) is 2.98. The predicted molar refractivity (Wildman–Crippen MR) is 65.8 cm³/mol. The first kappa shape index (κ1) is 12.1. The monoisotopic (exact) mass is 221 g/mol. The molecule has 0 N–H and O–H groups in total. The van der Waals surface area contributed by atoms with Crippen LogP contribution in [-0.2, 0) is 11.8 Å². The number of hydrogen-bond acceptors (Lipinski definition) is 0. The third-order valence-corrected chi connectivity index (χ3v) is 2.93. The first-order chi connectivity index (χ1) is 6.91. The smallest absolute Gasteiger partial charge is 0.205 e. The lowest BCUT2D eigenvalue weighted by Crippen LogP contribution is -2.14. The molecule has 1 rings (SSSR count). The zero-order chi connectivity index (χ0) is 11.6. The van der Waals surface area contributed by atoms with E-state index in [1.54, 1.807) is 0 Å². The number of nitrogens with zero attached hydrogens (tertiary/aromatic N) is 1. The molecule has 0 aliphatic carbocycles. The van der Waals surface area contributed by atoms with Crippen molar-refractivity contribution in [3.63, 3.8) is 0 Å². The lowest BCUT2D eigenvalue weighted by atomic mass is 9.83. The van der Waals surface area contributed by atoms with Crippen LogP contribution >= 0.6 is 11.6 Å². The zero-order valence-electron chi connectivity index (χ0n) is 9.69. The van der Waals surface area contributed by atoms with Gasteiger partial charge >= 0.3 is 0 Å². The summed E-state index contributed by atoms with van der Waals surface area (Å²) in [5, 5.41) is 0.625. The molecule has 0 aliphatic rings. The minimum Gasteiger partial charge on any atom is -0.237 e. The van der Waals surface area contributed by atoms with Crippen molar-refractivity contribution < 1.29 is 0 Å². The molecule has 1 aromatic rings. The van der Waals surface area contributed by atoms with Crippen molar-refractivity contribution in [2.45, 2.75) is 39.5 Å².